The summed E-state index contributed by atoms with van der Waals surface area (Å²) in [5.41, 5.74) is 8.53. The smallest absolute Gasteiger partial charge is 0.398 e. The van der Waals surface area contributed by atoms with E-state index in [1.807, 2.05) is 12.1 Å². The molecule has 0 radical (unpaired) electrons. The maximum absolute atomic E-state index is 12.3. The lowest BCUT2D eigenvalue weighted by Gasteiger charge is -2.22. The van der Waals surface area contributed by atoms with E-state index in [-0.39, 0.29) is 0 Å². The summed E-state index contributed by atoms with van der Waals surface area (Å²) in [6.07, 6.45) is 6.15. The molecule has 9 nitrogen and oxygen atoms in total. The van der Waals surface area contributed by atoms with Gasteiger partial charge in [-0.1, -0.05) is 26.0 Å². The van der Waals surface area contributed by atoms with E-state index >= 15 is 0 Å². The summed E-state index contributed by atoms with van der Waals surface area (Å²) < 4.78 is 17.8. The van der Waals surface area contributed by atoms with Gasteiger partial charge in [-0.05, 0) is 145 Å². The quantitative estimate of drug-likeness (QED) is 0.0659. The second kappa shape index (κ2) is 22.4. The first kappa shape index (κ1) is 39.0. The van der Waals surface area contributed by atoms with Gasteiger partial charge in [0.15, 0.2) is 6.23 Å². The maximum Gasteiger partial charge on any atom is 0.398 e. The SMILES string of the molecule is CCCN(CCCCNC(=O)C(=O)OC(N)CCCN(CCC)CCc1ccc(OC)c(Br)c1)CCc1ccc(OC)c(Br)c1. The Balaban J connectivity index is 1.63. The highest BCUT2D eigenvalue weighted by Crippen LogP contribution is 2.26. The molecule has 11 heteroatoms. The fourth-order valence-electron chi connectivity index (χ4n) is 5.11. The van der Waals surface area contributed by atoms with Crippen LogP contribution in [0.1, 0.15) is 63.5 Å². The van der Waals surface area contributed by atoms with E-state index in [9.17, 15) is 9.59 Å². The van der Waals surface area contributed by atoms with E-state index < -0.39 is 18.1 Å². The summed E-state index contributed by atoms with van der Waals surface area (Å²) in [6, 6.07) is 12.3. The molecule has 45 heavy (non-hydrogen) atoms. The zero-order valence-corrected chi connectivity index (χ0v) is 30.6. The van der Waals surface area contributed by atoms with Crippen LogP contribution in [0.3, 0.4) is 0 Å². The molecule has 0 aliphatic rings. The first-order valence-electron chi connectivity index (χ1n) is 16.0. The van der Waals surface area contributed by atoms with Crippen LogP contribution in [0.4, 0.5) is 0 Å². The van der Waals surface area contributed by atoms with Crippen molar-refractivity contribution in [1.82, 2.24) is 15.1 Å². The van der Waals surface area contributed by atoms with Crippen molar-refractivity contribution >= 4 is 43.7 Å². The normalized spacial score (nSPS) is 11.9. The second-order valence-corrected chi connectivity index (χ2v) is 12.9. The van der Waals surface area contributed by atoms with Crippen molar-refractivity contribution < 1.29 is 23.8 Å². The molecule has 0 saturated heterocycles. The fourth-order valence-corrected chi connectivity index (χ4v) is 6.29. The van der Waals surface area contributed by atoms with E-state index in [0.717, 1.165) is 105 Å². The van der Waals surface area contributed by atoms with Crippen LogP contribution in [0.15, 0.2) is 45.3 Å². The van der Waals surface area contributed by atoms with Gasteiger partial charge in [-0.2, -0.15) is 0 Å². The third kappa shape index (κ3) is 15.3. The Morgan fingerprint density at radius 2 is 1.29 bits per heavy atom. The van der Waals surface area contributed by atoms with E-state index in [1.165, 1.54) is 11.1 Å². The van der Waals surface area contributed by atoms with Gasteiger partial charge in [0.2, 0.25) is 0 Å². The molecule has 2 aromatic rings. The summed E-state index contributed by atoms with van der Waals surface area (Å²) in [5, 5.41) is 2.68. The Morgan fingerprint density at radius 1 is 0.778 bits per heavy atom. The van der Waals surface area contributed by atoms with Crippen molar-refractivity contribution in [1.29, 1.82) is 0 Å². The van der Waals surface area contributed by atoms with Crippen molar-refractivity contribution in [3.8, 4) is 11.5 Å². The number of nitrogens with zero attached hydrogens (tertiary/aromatic N) is 2. The van der Waals surface area contributed by atoms with Crippen LogP contribution in [-0.2, 0) is 27.2 Å². The Morgan fingerprint density at radius 3 is 1.76 bits per heavy atom. The first-order chi connectivity index (χ1) is 21.7. The van der Waals surface area contributed by atoms with Crippen LogP contribution in [0, 0.1) is 0 Å². The third-order valence-electron chi connectivity index (χ3n) is 7.54. The first-order valence-corrected chi connectivity index (χ1v) is 17.6. The number of carbonyl (C=O) groups is 2. The highest BCUT2D eigenvalue weighted by Gasteiger charge is 2.18. The molecular weight excluding hydrogens is 704 g/mol. The molecule has 0 aliphatic heterocycles. The average Bonchev–Trinajstić information content (AvgIpc) is 3.02. The molecule has 1 unspecified atom stereocenters. The number of nitrogens with two attached hydrogens (primary N) is 1. The summed E-state index contributed by atoms with van der Waals surface area (Å²) in [5.74, 6) is -0.00543. The number of carbonyl (C=O) groups excluding carboxylic acids is 2. The van der Waals surface area contributed by atoms with Crippen LogP contribution in [-0.4, -0.2) is 87.9 Å². The van der Waals surface area contributed by atoms with Crippen molar-refractivity contribution in [3.05, 3.63) is 56.5 Å². The number of unbranched alkanes of at least 4 members (excludes halogenated alkanes) is 1. The summed E-state index contributed by atoms with van der Waals surface area (Å²) >= 11 is 7.11. The number of rotatable bonds is 22. The van der Waals surface area contributed by atoms with E-state index in [2.05, 4.69) is 85.1 Å². The Labute approximate surface area is 286 Å². The van der Waals surface area contributed by atoms with Gasteiger partial charge in [0.05, 0.1) is 23.2 Å². The van der Waals surface area contributed by atoms with Gasteiger partial charge in [-0.3, -0.25) is 10.5 Å². The lowest BCUT2D eigenvalue weighted by Crippen LogP contribution is -2.38. The topological polar surface area (TPSA) is 106 Å². The lowest BCUT2D eigenvalue weighted by atomic mass is 10.1. The van der Waals surface area contributed by atoms with E-state index in [1.54, 1.807) is 14.2 Å². The maximum atomic E-state index is 12.3. The molecule has 0 fully saturated rings. The molecule has 2 aromatic carbocycles. The number of nitrogens with one attached hydrogen (secondary N) is 1. The number of halogens is 2. The van der Waals surface area contributed by atoms with Gasteiger partial charge in [0, 0.05) is 19.6 Å². The van der Waals surface area contributed by atoms with Crippen LogP contribution in [0.5, 0.6) is 11.5 Å². The van der Waals surface area contributed by atoms with Gasteiger partial charge in [0.25, 0.3) is 0 Å². The second-order valence-electron chi connectivity index (χ2n) is 11.2. The Bertz CT molecular complexity index is 1170. The molecule has 252 valence electrons. The fraction of sp³-hybridized carbons (Fsp3) is 0.588. The van der Waals surface area contributed by atoms with E-state index in [4.69, 9.17) is 19.9 Å². The number of esters is 1. The average molecular weight is 757 g/mol. The molecule has 0 spiro atoms. The Hall–Kier alpha value is -2.18. The van der Waals surface area contributed by atoms with Gasteiger partial charge in [-0.25, -0.2) is 4.79 Å². The van der Waals surface area contributed by atoms with Crippen LogP contribution >= 0.6 is 31.9 Å². The number of hydrogen-bond donors (Lipinski definition) is 2. The van der Waals surface area contributed by atoms with Crippen LogP contribution in [0.2, 0.25) is 0 Å². The highest BCUT2D eigenvalue weighted by atomic mass is 79.9. The molecule has 3 N–H and O–H groups in total. The van der Waals surface area contributed by atoms with Gasteiger partial charge < -0.3 is 29.3 Å². The summed E-state index contributed by atoms with van der Waals surface area (Å²) in [7, 11) is 3.33. The zero-order valence-electron chi connectivity index (χ0n) is 27.4. The third-order valence-corrected chi connectivity index (χ3v) is 8.78. The van der Waals surface area contributed by atoms with Crippen molar-refractivity contribution in [2.45, 2.75) is 71.4 Å². The van der Waals surface area contributed by atoms with Crippen molar-refractivity contribution in [2.24, 2.45) is 5.73 Å². The zero-order chi connectivity index (χ0) is 33.0. The molecule has 1 atom stereocenters. The molecule has 0 bridgehead atoms. The largest absolute Gasteiger partial charge is 0.496 e. The standard InChI is InChI=1S/C34H52Br2N4O5/c1-5-18-39(22-15-26-11-13-30(43-3)28(35)24-26)20-8-7-17-38-33(41)34(42)45-32(37)10-9-21-40(19-6-2)23-16-27-12-14-31(44-4)29(36)25-27/h11-14,24-25,32H,5-10,15-23,37H2,1-4H3,(H,38,41). The molecule has 0 aliphatic carbocycles. The van der Waals surface area contributed by atoms with Gasteiger partial charge in [-0.15, -0.1) is 0 Å². The minimum Gasteiger partial charge on any atom is -0.496 e. The monoisotopic (exact) mass is 754 g/mol. The summed E-state index contributed by atoms with van der Waals surface area (Å²) in [4.78, 5) is 29.4. The lowest BCUT2D eigenvalue weighted by molar-refractivity contribution is -0.159. The number of hydrogen-bond acceptors (Lipinski definition) is 8. The molecule has 1 amide bonds. The minimum absolute atomic E-state index is 0.422. The predicted octanol–water partition coefficient (Wildman–Crippen LogP) is 5.94. The van der Waals surface area contributed by atoms with Crippen molar-refractivity contribution in [3.63, 3.8) is 0 Å². The molecule has 0 saturated carbocycles. The minimum atomic E-state index is -0.920. The van der Waals surface area contributed by atoms with Crippen LogP contribution < -0.4 is 20.5 Å². The molecule has 2 rings (SSSR count). The number of amides is 1. The molecular formula is C34H52Br2N4O5. The van der Waals surface area contributed by atoms with Crippen molar-refractivity contribution in [2.75, 3.05) is 60.0 Å². The summed E-state index contributed by atoms with van der Waals surface area (Å²) in [6.45, 7) is 10.4. The van der Waals surface area contributed by atoms with E-state index in [0.29, 0.717) is 13.0 Å². The predicted molar refractivity (Wildman–Crippen MR) is 188 cm³/mol. The number of benzene rings is 2. The molecule has 0 heterocycles. The molecule has 0 aromatic heterocycles. The van der Waals surface area contributed by atoms with Crippen LogP contribution in [0.25, 0.3) is 0 Å². The van der Waals surface area contributed by atoms with Gasteiger partial charge in [0.1, 0.15) is 11.5 Å². The van der Waals surface area contributed by atoms with Gasteiger partial charge >= 0.3 is 11.9 Å². The Kier molecular flexibility index (Phi) is 19.4. The highest BCUT2D eigenvalue weighted by molar-refractivity contribution is 9.10. The number of methoxy groups -OCH3 is 2. The number of ether oxygens (including phenoxy) is 3.